The summed E-state index contributed by atoms with van der Waals surface area (Å²) in [6.07, 6.45) is 1.96. The van der Waals surface area contributed by atoms with Crippen LogP contribution in [0.15, 0.2) is 0 Å². The van der Waals surface area contributed by atoms with Crippen LogP contribution in [0.25, 0.3) is 0 Å². The van der Waals surface area contributed by atoms with Crippen LogP contribution in [-0.4, -0.2) is 27.4 Å². The molecule has 0 aromatic rings. The SMILES string of the molecule is CC(C)CC(COC(=O)NS(C)(=O)=O)CC(C)C. The third-order valence-electron chi connectivity index (χ3n) is 2.33. The topological polar surface area (TPSA) is 72.5 Å². The number of sulfonamides is 1. The molecule has 0 radical (unpaired) electrons. The zero-order valence-corrected chi connectivity index (χ0v) is 12.7. The van der Waals surface area contributed by atoms with Gasteiger partial charge in [0.1, 0.15) is 0 Å². The van der Waals surface area contributed by atoms with E-state index in [9.17, 15) is 13.2 Å². The molecule has 1 amide bonds. The second-order valence-corrected chi connectivity index (χ2v) is 7.35. The molecule has 108 valence electrons. The zero-order valence-electron chi connectivity index (χ0n) is 11.9. The molecule has 5 nitrogen and oxygen atoms in total. The maximum absolute atomic E-state index is 11.2. The summed E-state index contributed by atoms with van der Waals surface area (Å²) in [5.41, 5.74) is 0. The largest absolute Gasteiger partial charge is 0.449 e. The first-order chi connectivity index (χ1) is 8.10. The molecule has 0 fully saturated rings. The Kier molecular flexibility index (Phi) is 7.28. The number of ether oxygens (including phenoxy) is 1. The quantitative estimate of drug-likeness (QED) is 0.776. The first-order valence-electron chi connectivity index (χ1n) is 6.24. The van der Waals surface area contributed by atoms with Crippen molar-refractivity contribution in [3.05, 3.63) is 0 Å². The standard InChI is InChI=1S/C12H25NO4S/c1-9(2)6-11(7-10(3)4)8-17-12(14)13-18(5,15)16/h9-11H,6-8H2,1-5H3,(H,13,14). The smallest absolute Gasteiger partial charge is 0.420 e. The van der Waals surface area contributed by atoms with Gasteiger partial charge in [-0.2, -0.15) is 0 Å². The fourth-order valence-electron chi connectivity index (χ4n) is 1.94. The molecule has 0 aromatic carbocycles. The van der Waals surface area contributed by atoms with Crippen molar-refractivity contribution in [1.82, 2.24) is 4.72 Å². The number of hydrogen-bond donors (Lipinski definition) is 1. The highest BCUT2D eigenvalue weighted by molar-refractivity contribution is 7.89. The highest BCUT2D eigenvalue weighted by Crippen LogP contribution is 2.20. The zero-order chi connectivity index (χ0) is 14.3. The average Bonchev–Trinajstić information content (AvgIpc) is 2.09. The Balaban J connectivity index is 4.21. The van der Waals surface area contributed by atoms with E-state index in [4.69, 9.17) is 4.74 Å². The summed E-state index contributed by atoms with van der Waals surface area (Å²) in [6.45, 7) is 8.72. The Morgan fingerprint density at radius 3 is 1.89 bits per heavy atom. The van der Waals surface area contributed by atoms with Gasteiger partial charge in [0.25, 0.3) is 0 Å². The Hall–Kier alpha value is -0.780. The maximum atomic E-state index is 11.2. The van der Waals surface area contributed by atoms with Crippen LogP contribution < -0.4 is 4.72 Å². The maximum Gasteiger partial charge on any atom is 0.420 e. The van der Waals surface area contributed by atoms with E-state index < -0.39 is 16.1 Å². The van der Waals surface area contributed by atoms with Crippen molar-refractivity contribution in [2.45, 2.75) is 40.5 Å². The van der Waals surface area contributed by atoms with Crippen LogP contribution in [0.3, 0.4) is 0 Å². The van der Waals surface area contributed by atoms with E-state index in [2.05, 4.69) is 27.7 Å². The molecule has 0 heterocycles. The van der Waals surface area contributed by atoms with Gasteiger partial charge in [0, 0.05) is 0 Å². The third kappa shape index (κ3) is 10.4. The Bertz CT molecular complexity index is 339. The first-order valence-corrected chi connectivity index (χ1v) is 8.13. The molecule has 0 unspecified atom stereocenters. The number of hydrogen-bond acceptors (Lipinski definition) is 4. The van der Waals surface area contributed by atoms with E-state index in [0.717, 1.165) is 19.1 Å². The van der Waals surface area contributed by atoms with E-state index in [1.165, 1.54) is 0 Å². The lowest BCUT2D eigenvalue weighted by molar-refractivity contribution is 0.119. The number of nitrogens with one attached hydrogen (secondary N) is 1. The van der Waals surface area contributed by atoms with Gasteiger partial charge in [0.05, 0.1) is 12.9 Å². The van der Waals surface area contributed by atoms with Gasteiger partial charge in [0.15, 0.2) is 0 Å². The fraction of sp³-hybridized carbons (Fsp3) is 0.917. The van der Waals surface area contributed by atoms with Crippen molar-refractivity contribution < 1.29 is 17.9 Å². The molecule has 0 saturated carbocycles. The minimum Gasteiger partial charge on any atom is -0.449 e. The molecule has 1 N–H and O–H groups in total. The summed E-state index contributed by atoms with van der Waals surface area (Å²) < 4.78 is 28.4. The fourth-order valence-corrected chi connectivity index (χ4v) is 2.30. The van der Waals surface area contributed by atoms with Crippen LogP contribution in [0.5, 0.6) is 0 Å². The van der Waals surface area contributed by atoms with E-state index in [-0.39, 0.29) is 12.5 Å². The Morgan fingerprint density at radius 2 is 1.56 bits per heavy atom. The molecule has 0 aliphatic carbocycles. The predicted octanol–water partition coefficient (Wildman–Crippen LogP) is 2.38. The minimum absolute atomic E-state index is 0.262. The molecule has 6 heteroatoms. The van der Waals surface area contributed by atoms with Crippen LogP contribution in [0.1, 0.15) is 40.5 Å². The number of carbonyl (C=O) groups excluding carboxylic acids is 1. The van der Waals surface area contributed by atoms with Gasteiger partial charge in [-0.25, -0.2) is 17.9 Å². The summed E-state index contributed by atoms with van der Waals surface area (Å²) >= 11 is 0. The number of amides is 1. The number of rotatable bonds is 7. The lowest BCUT2D eigenvalue weighted by Crippen LogP contribution is -2.31. The molecule has 0 rings (SSSR count). The van der Waals surface area contributed by atoms with Crippen molar-refractivity contribution in [3.63, 3.8) is 0 Å². The Labute approximate surface area is 110 Å². The molecule has 0 saturated heterocycles. The van der Waals surface area contributed by atoms with Crippen molar-refractivity contribution >= 4 is 16.1 Å². The summed E-state index contributed by atoms with van der Waals surface area (Å²) in [6, 6.07) is 0. The van der Waals surface area contributed by atoms with E-state index >= 15 is 0 Å². The second kappa shape index (κ2) is 7.61. The second-order valence-electron chi connectivity index (χ2n) is 5.60. The normalized spacial score (nSPS) is 12.2. The van der Waals surface area contributed by atoms with Gasteiger partial charge >= 0.3 is 6.09 Å². The lowest BCUT2D eigenvalue weighted by atomic mass is 9.90. The number of carbonyl (C=O) groups is 1. The van der Waals surface area contributed by atoms with E-state index in [1.54, 1.807) is 4.72 Å². The molecular formula is C12H25NO4S. The van der Waals surface area contributed by atoms with Gasteiger partial charge in [-0.15, -0.1) is 0 Å². The van der Waals surface area contributed by atoms with Gasteiger partial charge in [0.2, 0.25) is 10.0 Å². The third-order valence-corrected chi connectivity index (χ3v) is 2.87. The molecule has 0 spiro atoms. The monoisotopic (exact) mass is 279 g/mol. The van der Waals surface area contributed by atoms with Crippen molar-refractivity contribution in [3.8, 4) is 0 Å². The average molecular weight is 279 g/mol. The van der Waals surface area contributed by atoms with Gasteiger partial charge in [-0.1, -0.05) is 27.7 Å². The molecule has 0 aromatic heterocycles. The minimum atomic E-state index is -3.54. The molecule has 0 aliphatic heterocycles. The van der Waals surface area contributed by atoms with Gasteiger partial charge < -0.3 is 4.74 Å². The van der Waals surface area contributed by atoms with Crippen LogP contribution in [0, 0.1) is 17.8 Å². The summed E-state index contributed by atoms with van der Waals surface area (Å²) in [7, 11) is -3.54. The van der Waals surface area contributed by atoms with Crippen LogP contribution in [0.4, 0.5) is 4.79 Å². The highest BCUT2D eigenvalue weighted by atomic mass is 32.2. The Morgan fingerprint density at radius 1 is 1.11 bits per heavy atom. The van der Waals surface area contributed by atoms with Crippen LogP contribution in [-0.2, 0) is 14.8 Å². The summed E-state index contributed by atoms with van der Waals surface area (Å²) in [5, 5.41) is 0. The molecule has 0 atom stereocenters. The van der Waals surface area contributed by atoms with E-state index in [1.807, 2.05) is 0 Å². The highest BCUT2D eigenvalue weighted by Gasteiger charge is 2.16. The predicted molar refractivity (Wildman–Crippen MR) is 71.7 cm³/mol. The first kappa shape index (κ1) is 17.2. The van der Waals surface area contributed by atoms with Crippen molar-refractivity contribution in [2.75, 3.05) is 12.9 Å². The summed E-state index contributed by atoms with van der Waals surface area (Å²) in [4.78, 5) is 11.2. The van der Waals surface area contributed by atoms with Gasteiger partial charge in [-0.05, 0) is 30.6 Å². The molecule has 18 heavy (non-hydrogen) atoms. The van der Waals surface area contributed by atoms with Crippen molar-refractivity contribution in [2.24, 2.45) is 17.8 Å². The molecule has 0 aliphatic rings. The molecular weight excluding hydrogens is 254 g/mol. The van der Waals surface area contributed by atoms with E-state index in [0.29, 0.717) is 11.8 Å². The van der Waals surface area contributed by atoms with Crippen molar-refractivity contribution in [1.29, 1.82) is 0 Å². The van der Waals surface area contributed by atoms with Gasteiger partial charge in [-0.3, -0.25) is 0 Å². The summed E-state index contributed by atoms with van der Waals surface area (Å²) in [5.74, 6) is 1.32. The van der Waals surface area contributed by atoms with Crippen LogP contribution in [0.2, 0.25) is 0 Å². The van der Waals surface area contributed by atoms with Crippen LogP contribution >= 0.6 is 0 Å². The molecule has 0 bridgehead atoms. The lowest BCUT2D eigenvalue weighted by Gasteiger charge is -2.20.